The van der Waals surface area contributed by atoms with Gasteiger partial charge in [0.25, 0.3) is 5.91 Å². The van der Waals surface area contributed by atoms with Gasteiger partial charge in [-0.2, -0.15) is 5.26 Å². The molecule has 0 unspecified atom stereocenters. The van der Waals surface area contributed by atoms with Gasteiger partial charge < -0.3 is 14.6 Å². The molecule has 35 heavy (non-hydrogen) atoms. The van der Waals surface area contributed by atoms with Crippen LogP contribution in [0.15, 0.2) is 47.4 Å². The van der Waals surface area contributed by atoms with Crippen molar-refractivity contribution in [3.05, 3.63) is 75.3 Å². The lowest BCUT2D eigenvalue weighted by Gasteiger charge is -2.36. The number of carbonyl (C=O) groups excluding carboxylic acids is 1. The Labute approximate surface area is 199 Å². The van der Waals surface area contributed by atoms with Gasteiger partial charge in [-0.3, -0.25) is 15.0 Å². The number of hydrazine groups is 1. The van der Waals surface area contributed by atoms with Crippen LogP contribution in [-0.4, -0.2) is 52.7 Å². The van der Waals surface area contributed by atoms with Crippen molar-refractivity contribution >= 4 is 28.5 Å². The van der Waals surface area contributed by atoms with E-state index in [1.165, 1.54) is 6.20 Å². The van der Waals surface area contributed by atoms with Crippen LogP contribution in [0.25, 0.3) is 10.9 Å². The first-order valence-corrected chi connectivity index (χ1v) is 11.3. The van der Waals surface area contributed by atoms with Crippen LogP contribution in [0.2, 0.25) is 0 Å². The third-order valence-corrected chi connectivity index (χ3v) is 6.43. The Morgan fingerprint density at radius 1 is 1.09 bits per heavy atom. The number of rotatable bonds is 5. The van der Waals surface area contributed by atoms with E-state index in [0.29, 0.717) is 48.5 Å². The summed E-state index contributed by atoms with van der Waals surface area (Å²) in [6.07, 6.45) is 3.12. The molecule has 0 radical (unpaired) electrons. The maximum Gasteiger partial charge on any atom is 0.341 e. The van der Waals surface area contributed by atoms with Crippen LogP contribution < -0.4 is 15.8 Å². The molecule has 9 nitrogen and oxygen atoms in total. The number of carboxylic acid groups (broad SMARTS) is 1. The summed E-state index contributed by atoms with van der Waals surface area (Å²) in [5.74, 6) is -2.20. The van der Waals surface area contributed by atoms with Crippen LogP contribution in [0.5, 0.6) is 0 Å². The van der Waals surface area contributed by atoms with Gasteiger partial charge in [-0.1, -0.05) is 0 Å². The lowest BCUT2D eigenvalue weighted by atomic mass is 10.1. The maximum absolute atomic E-state index is 15.1. The van der Waals surface area contributed by atoms with Crippen molar-refractivity contribution in [2.45, 2.75) is 18.9 Å². The number of aromatic nitrogens is 1. The van der Waals surface area contributed by atoms with E-state index in [0.717, 1.165) is 18.9 Å². The number of aromatic carboxylic acids is 1. The van der Waals surface area contributed by atoms with E-state index in [2.05, 4.69) is 5.43 Å². The van der Waals surface area contributed by atoms with Crippen LogP contribution in [0.4, 0.5) is 10.1 Å². The highest BCUT2D eigenvalue weighted by atomic mass is 19.1. The van der Waals surface area contributed by atoms with Crippen LogP contribution >= 0.6 is 0 Å². The number of nitrogens with one attached hydrogen (secondary N) is 1. The monoisotopic (exact) mass is 475 g/mol. The highest BCUT2D eigenvalue weighted by Crippen LogP contribution is 2.38. The van der Waals surface area contributed by atoms with E-state index >= 15 is 4.39 Å². The first kappa shape index (κ1) is 22.6. The van der Waals surface area contributed by atoms with E-state index in [-0.39, 0.29) is 22.9 Å². The van der Waals surface area contributed by atoms with Gasteiger partial charge in [0.05, 0.1) is 22.8 Å². The molecule has 2 heterocycles. The van der Waals surface area contributed by atoms with Gasteiger partial charge in [-0.25, -0.2) is 14.2 Å². The van der Waals surface area contributed by atoms with Crippen molar-refractivity contribution in [2.24, 2.45) is 0 Å². The van der Waals surface area contributed by atoms with Gasteiger partial charge in [-0.05, 0) is 49.2 Å². The van der Waals surface area contributed by atoms with E-state index in [9.17, 15) is 19.5 Å². The third-order valence-electron chi connectivity index (χ3n) is 6.43. The molecule has 1 aromatic heterocycles. The molecular formula is C25H22FN5O4. The number of nitrogens with zero attached hydrogens (tertiary/aromatic N) is 4. The molecule has 1 amide bonds. The van der Waals surface area contributed by atoms with Crippen LogP contribution in [0.1, 0.15) is 45.2 Å². The molecule has 0 spiro atoms. The maximum atomic E-state index is 15.1. The molecule has 1 aliphatic heterocycles. The SMILES string of the molecule is N#Cc1ccc(C(=O)NN2CCN(c3cc4c(cc3F)c(=O)c(C(=O)O)cn4C3CC3)CC2)cc1. The Kier molecular flexibility index (Phi) is 5.70. The van der Waals surface area contributed by atoms with Gasteiger partial charge >= 0.3 is 5.97 Å². The Hall–Kier alpha value is -4.23. The molecule has 3 aromatic rings. The lowest BCUT2D eigenvalue weighted by molar-refractivity contribution is 0.0694. The fourth-order valence-corrected chi connectivity index (χ4v) is 4.37. The molecule has 1 aliphatic carbocycles. The Bertz CT molecular complexity index is 1430. The molecule has 2 fully saturated rings. The van der Waals surface area contributed by atoms with Crippen molar-refractivity contribution in [3.63, 3.8) is 0 Å². The van der Waals surface area contributed by atoms with E-state index < -0.39 is 17.2 Å². The number of hydrogen-bond acceptors (Lipinski definition) is 6. The highest BCUT2D eigenvalue weighted by molar-refractivity contribution is 5.94. The van der Waals surface area contributed by atoms with Gasteiger partial charge in [-0.15, -0.1) is 0 Å². The van der Waals surface area contributed by atoms with Gasteiger partial charge in [0.1, 0.15) is 11.4 Å². The quantitative estimate of drug-likeness (QED) is 0.582. The second kappa shape index (κ2) is 8.85. The summed E-state index contributed by atoms with van der Waals surface area (Å²) in [6.45, 7) is 1.79. The number of nitriles is 1. The molecule has 2 N–H and O–H groups in total. The fraction of sp³-hybridized carbons (Fsp3) is 0.280. The zero-order valence-corrected chi connectivity index (χ0v) is 18.7. The van der Waals surface area contributed by atoms with E-state index in [4.69, 9.17) is 5.26 Å². The van der Waals surface area contributed by atoms with Crippen molar-refractivity contribution in [2.75, 3.05) is 31.1 Å². The van der Waals surface area contributed by atoms with E-state index in [1.807, 2.05) is 11.0 Å². The minimum Gasteiger partial charge on any atom is -0.477 e. The average molecular weight is 475 g/mol. The Morgan fingerprint density at radius 2 is 1.77 bits per heavy atom. The van der Waals surface area contributed by atoms with Crippen LogP contribution in [0.3, 0.4) is 0 Å². The first-order chi connectivity index (χ1) is 16.9. The van der Waals surface area contributed by atoms with Gasteiger partial charge in [0.2, 0.25) is 5.43 Å². The smallest absolute Gasteiger partial charge is 0.341 e. The molecule has 1 saturated carbocycles. The summed E-state index contributed by atoms with van der Waals surface area (Å²) in [4.78, 5) is 38.5. The molecule has 178 valence electrons. The molecule has 2 aromatic carbocycles. The summed E-state index contributed by atoms with van der Waals surface area (Å²) in [7, 11) is 0. The standard InChI is InChI=1S/C25H22FN5O4/c26-20-11-18-21(31(17-5-6-17)14-19(23(18)32)25(34)35)12-22(20)29-7-9-30(10-8-29)28-24(33)16-3-1-15(13-27)2-4-16/h1-4,11-12,14,17H,5-10H2,(H,28,33)(H,34,35). The van der Waals surface area contributed by atoms with Crippen LogP contribution in [0, 0.1) is 17.1 Å². The molecule has 0 atom stereocenters. The van der Waals surface area contributed by atoms with Gasteiger partial charge in [0, 0.05) is 49.4 Å². The summed E-state index contributed by atoms with van der Waals surface area (Å²) in [5, 5.41) is 20.1. The Balaban J connectivity index is 1.35. The predicted molar refractivity (Wildman–Crippen MR) is 126 cm³/mol. The number of halogens is 1. The van der Waals surface area contributed by atoms with Crippen molar-refractivity contribution in [3.8, 4) is 6.07 Å². The first-order valence-electron chi connectivity index (χ1n) is 11.3. The number of benzene rings is 2. The Morgan fingerprint density at radius 3 is 2.37 bits per heavy atom. The largest absolute Gasteiger partial charge is 0.477 e. The topological polar surface area (TPSA) is 119 Å². The predicted octanol–water partition coefficient (Wildman–Crippen LogP) is 2.51. The summed E-state index contributed by atoms with van der Waals surface area (Å²) in [6, 6.07) is 11.2. The normalized spacial score (nSPS) is 16.2. The average Bonchev–Trinajstić information content (AvgIpc) is 3.70. The van der Waals surface area contributed by atoms with Crippen molar-refractivity contribution in [1.82, 2.24) is 15.0 Å². The second-order valence-electron chi connectivity index (χ2n) is 8.74. The van der Waals surface area contributed by atoms with E-state index in [1.54, 1.807) is 39.9 Å². The number of hydrogen-bond donors (Lipinski definition) is 2. The lowest BCUT2D eigenvalue weighted by Crippen LogP contribution is -2.53. The molecule has 10 heteroatoms. The molecule has 5 rings (SSSR count). The number of amides is 1. The number of carbonyl (C=O) groups is 2. The third kappa shape index (κ3) is 4.34. The van der Waals surface area contributed by atoms with Crippen molar-refractivity contribution in [1.29, 1.82) is 5.26 Å². The molecule has 2 aliphatic rings. The highest BCUT2D eigenvalue weighted by Gasteiger charge is 2.28. The molecular weight excluding hydrogens is 453 g/mol. The summed E-state index contributed by atoms with van der Waals surface area (Å²) in [5.41, 5.74) is 3.56. The summed E-state index contributed by atoms with van der Waals surface area (Å²) < 4.78 is 16.9. The van der Waals surface area contributed by atoms with Gasteiger partial charge in [0.15, 0.2) is 0 Å². The number of piperazine rings is 1. The summed E-state index contributed by atoms with van der Waals surface area (Å²) >= 11 is 0. The number of anilines is 1. The zero-order valence-electron chi connectivity index (χ0n) is 18.7. The molecule has 0 bridgehead atoms. The fourth-order valence-electron chi connectivity index (χ4n) is 4.37. The van der Waals surface area contributed by atoms with Crippen LogP contribution in [-0.2, 0) is 0 Å². The number of carboxylic acids is 1. The second-order valence-corrected chi connectivity index (χ2v) is 8.74. The number of fused-ring (bicyclic) bond motifs is 1. The minimum atomic E-state index is -1.32. The molecule has 1 saturated heterocycles. The zero-order chi connectivity index (χ0) is 24.7. The number of pyridine rings is 1. The minimum absolute atomic E-state index is 0.0614. The van der Waals surface area contributed by atoms with Crippen molar-refractivity contribution < 1.29 is 19.1 Å².